The predicted molar refractivity (Wildman–Crippen MR) is 77.5 cm³/mol. The van der Waals surface area contributed by atoms with Gasteiger partial charge in [0, 0.05) is 23.5 Å². The van der Waals surface area contributed by atoms with Crippen molar-refractivity contribution in [3.8, 4) is 28.6 Å². The summed E-state index contributed by atoms with van der Waals surface area (Å²) in [5, 5.41) is 8.66. The molecule has 1 aromatic heterocycles. The Kier molecular flexibility index (Phi) is 3.58. The monoisotopic (exact) mass is 293 g/mol. The Hall–Kier alpha value is -3.13. The summed E-state index contributed by atoms with van der Waals surface area (Å²) < 4.78 is 27.2. The van der Waals surface area contributed by atoms with E-state index in [2.05, 4.69) is 9.97 Å². The Labute approximate surface area is 125 Å². The molecule has 3 aromatic rings. The zero-order valence-corrected chi connectivity index (χ0v) is 11.3. The van der Waals surface area contributed by atoms with E-state index in [0.29, 0.717) is 0 Å². The van der Waals surface area contributed by atoms with Crippen LogP contribution >= 0.6 is 0 Å². The van der Waals surface area contributed by atoms with E-state index >= 15 is 0 Å². The number of nitriles is 1. The normalized spacial score (nSPS) is 10.2. The molecule has 0 unspecified atom stereocenters. The van der Waals surface area contributed by atoms with Crippen molar-refractivity contribution < 1.29 is 8.78 Å². The van der Waals surface area contributed by atoms with Gasteiger partial charge in [0.2, 0.25) is 0 Å². The summed E-state index contributed by atoms with van der Waals surface area (Å²) in [5.41, 5.74) is 1.34. The topological polar surface area (TPSA) is 49.6 Å². The second-order valence-corrected chi connectivity index (χ2v) is 4.59. The Balaban J connectivity index is 1.99. The minimum atomic E-state index is -0.923. The van der Waals surface area contributed by atoms with E-state index in [4.69, 9.17) is 5.26 Å². The van der Waals surface area contributed by atoms with Gasteiger partial charge in [-0.3, -0.25) is 0 Å². The molecule has 3 nitrogen and oxygen atoms in total. The van der Waals surface area contributed by atoms with Crippen molar-refractivity contribution in [2.24, 2.45) is 0 Å². The number of benzene rings is 2. The van der Waals surface area contributed by atoms with Crippen LogP contribution in [0.2, 0.25) is 0 Å². The molecule has 0 N–H and O–H groups in total. The standard InChI is InChI=1S/C17H9F2N3/c18-15-6-12(7-16(19)14(15)8-20)17-21-9-13(10-22-17)11-4-2-1-3-5-11/h1-7,9-10H. The molecule has 0 saturated carbocycles. The predicted octanol–water partition coefficient (Wildman–Crippen LogP) is 3.96. The molecular weight excluding hydrogens is 284 g/mol. The third-order valence-electron chi connectivity index (χ3n) is 3.17. The van der Waals surface area contributed by atoms with Gasteiger partial charge < -0.3 is 0 Å². The molecule has 0 saturated heterocycles. The van der Waals surface area contributed by atoms with Crippen molar-refractivity contribution in [1.29, 1.82) is 5.26 Å². The van der Waals surface area contributed by atoms with Gasteiger partial charge in [-0.2, -0.15) is 5.26 Å². The highest BCUT2D eigenvalue weighted by Gasteiger charge is 2.13. The van der Waals surface area contributed by atoms with Gasteiger partial charge in [0.15, 0.2) is 5.82 Å². The van der Waals surface area contributed by atoms with E-state index in [1.54, 1.807) is 12.4 Å². The number of hydrogen-bond acceptors (Lipinski definition) is 3. The lowest BCUT2D eigenvalue weighted by molar-refractivity contribution is 0.577. The summed E-state index contributed by atoms with van der Waals surface area (Å²) >= 11 is 0. The number of rotatable bonds is 2. The molecule has 0 aliphatic carbocycles. The molecular formula is C17H9F2N3. The average Bonchev–Trinajstić information content (AvgIpc) is 2.55. The van der Waals surface area contributed by atoms with Gasteiger partial charge in [0.1, 0.15) is 23.3 Å². The Morgan fingerprint density at radius 3 is 1.95 bits per heavy atom. The number of hydrogen-bond donors (Lipinski definition) is 0. The highest BCUT2D eigenvalue weighted by molar-refractivity contribution is 5.64. The summed E-state index contributed by atoms with van der Waals surface area (Å²) in [6.07, 6.45) is 3.18. The van der Waals surface area contributed by atoms with Gasteiger partial charge in [-0.05, 0) is 17.7 Å². The van der Waals surface area contributed by atoms with E-state index < -0.39 is 17.2 Å². The molecule has 0 radical (unpaired) electrons. The largest absolute Gasteiger partial charge is 0.236 e. The van der Waals surface area contributed by atoms with Crippen molar-refractivity contribution in [3.63, 3.8) is 0 Å². The quantitative estimate of drug-likeness (QED) is 0.718. The van der Waals surface area contributed by atoms with Crippen LogP contribution in [0.3, 0.4) is 0 Å². The van der Waals surface area contributed by atoms with Crippen molar-refractivity contribution in [1.82, 2.24) is 9.97 Å². The summed E-state index contributed by atoms with van der Waals surface area (Å²) in [6.45, 7) is 0. The number of nitrogens with zero attached hydrogens (tertiary/aromatic N) is 3. The number of aromatic nitrogens is 2. The third-order valence-corrected chi connectivity index (χ3v) is 3.17. The van der Waals surface area contributed by atoms with Gasteiger partial charge in [-0.1, -0.05) is 30.3 Å². The number of halogens is 2. The van der Waals surface area contributed by atoms with Crippen LogP contribution in [-0.2, 0) is 0 Å². The molecule has 0 fully saturated rings. The fourth-order valence-corrected chi connectivity index (χ4v) is 2.07. The van der Waals surface area contributed by atoms with Crippen LogP contribution in [0.1, 0.15) is 5.56 Å². The summed E-state index contributed by atoms with van der Waals surface area (Å²) in [4.78, 5) is 8.27. The van der Waals surface area contributed by atoms with Crippen LogP contribution in [0.5, 0.6) is 0 Å². The molecule has 1 heterocycles. The lowest BCUT2D eigenvalue weighted by atomic mass is 10.1. The molecule has 106 valence electrons. The molecule has 0 amide bonds. The molecule has 0 bridgehead atoms. The summed E-state index contributed by atoms with van der Waals surface area (Å²) in [6, 6.07) is 13.1. The maximum Gasteiger partial charge on any atom is 0.159 e. The molecule has 0 aliphatic rings. The van der Waals surface area contributed by atoms with Crippen molar-refractivity contribution in [2.45, 2.75) is 0 Å². The van der Waals surface area contributed by atoms with Crippen LogP contribution in [-0.4, -0.2) is 9.97 Å². The van der Waals surface area contributed by atoms with E-state index in [-0.39, 0.29) is 11.4 Å². The Morgan fingerprint density at radius 2 is 1.41 bits per heavy atom. The van der Waals surface area contributed by atoms with Gasteiger partial charge in [0.25, 0.3) is 0 Å². The molecule has 22 heavy (non-hydrogen) atoms. The van der Waals surface area contributed by atoms with Crippen LogP contribution in [0.25, 0.3) is 22.5 Å². The smallest absolute Gasteiger partial charge is 0.159 e. The minimum Gasteiger partial charge on any atom is -0.236 e. The Morgan fingerprint density at radius 1 is 0.818 bits per heavy atom. The SMILES string of the molecule is N#Cc1c(F)cc(-c2ncc(-c3ccccc3)cn2)cc1F. The second kappa shape index (κ2) is 5.70. The van der Waals surface area contributed by atoms with Crippen LogP contribution in [0.15, 0.2) is 54.9 Å². The van der Waals surface area contributed by atoms with Gasteiger partial charge in [0.05, 0.1) is 0 Å². The van der Waals surface area contributed by atoms with E-state index in [9.17, 15) is 8.78 Å². The Bertz CT molecular complexity index is 830. The lowest BCUT2D eigenvalue weighted by Gasteiger charge is -2.04. The highest BCUT2D eigenvalue weighted by Crippen LogP contribution is 2.23. The first-order valence-corrected chi connectivity index (χ1v) is 6.46. The first-order valence-electron chi connectivity index (χ1n) is 6.46. The zero-order chi connectivity index (χ0) is 15.5. The van der Waals surface area contributed by atoms with E-state index in [0.717, 1.165) is 23.3 Å². The molecule has 0 atom stereocenters. The minimum absolute atomic E-state index is 0.189. The zero-order valence-electron chi connectivity index (χ0n) is 11.3. The fraction of sp³-hybridized carbons (Fsp3) is 0. The van der Waals surface area contributed by atoms with Gasteiger partial charge in [-0.15, -0.1) is 0 Å². The molecule has 0 aliphatic heterocycles. The first-order chi connectivity index (χ1) is 10.7. The lowest BCUT2D eigenvalue weighted by Crippen LogP contribution is -1.95. The highest BCUT2D eigenvalue weighted by atomic mass is 19.1. The molecule has 3 rings (SSSR count). The van der Waals surface area contributed by atoms with Gasteiger partial charge in [-0.25, -0.2) is 18.7 Å². The van der Waals surface area contributed by atoms with Crippen molar-refractivity contribution in [3.05, 3.63) is 72.1 Å². The van der Waals surface area contributed by atoms with Crippen LogP contribution in [0, 0.1) is 23.0 Å². The van der Waals surface area contributed by atoms with E-state index in [1.807, 2.05) is 30.3 Å². The molecule has 2 aromatic carbocycles. The van der Waals surface area contributed by atoms with Crippen molar-refractivity contribution >= 4 is 0 Å². The van der Waals surface area contributed by atoms with Crippen molar-refractivity contribution in [2.75, 3.05) is 0 Å². The van der Waals surface area contributed by atoms with Gasteiger partial charge >= 0.3 is 0 Å². The van der Waals surface area contributed by atoms with Crippen LogP contribution < -0.4 is 0 Å². The summed E-state index contributed by atoms with van der Waals surface area (Å²) in [5.74, 6) is -1.65. The first kappa shape index (κ1) is 13.8. The summed E-state index contributed by atoms with van der Waals surface area (Å²) in [7, 11) is 0. The van der Waals surface area contributed by atoms with E-state index in [1.165, 1.54) is 6.07 Å². The molecule has 5 heteroatoms. The fourth-order valence-electron chi connectivity index (χ4n) is 2.07. The van der Waals surface area contributed by atoms with Crippen LogP contribution in [0.4, 0.5) is 8.78 Å². The average molecular weight is 293 g/mol. The second-order valence-electron chi connectivity index (χ2n) is 4.59. The maximum absolute atomic E-state index is 13.6. The third kappa shape index (κ3) is 2.54. The molecule has 0 spiro atoms. The maximum atomic E-state index is 13.6.